The minimum Gasteiger partial charge on any atom is -0.493 e. The molecule has 1 aliphatic rings. The maximum Gasteiger partial charge on any atom is 0.273 e. The maximum atomic E-state index is 12.9. The van der Waals surface area contributed by atoms with Gasteiger partial charge in [0.05, 0.1) is 20.8 Å². The molecule has 0 aliphatic carbocycles. The summed E-state index contributed by atoms with van der Waals surface area (Å²) in [6, 6.07) is 5.59. The second-order valence-corrected chi connectivity index (χ2v) is 8.10. The van der Waals surface area contributed by atoms with Crippen LogP contribution in [0.3, 0.4) is 0 Å². The molecule has 1 aliphatic heterocycles. The van der Waals surface area contributed by atoms with Gasteiger partial charge in [-0.2, -0.15) is 0 Å². The third kappa shape index (κ3) is 5.34. The fraction of sp³-hybridized carbons (Fsp3) is 0.500. The number of ether oxygens (including phenoxy) is 2. The Balaban J connectivity index is 1.60. The van der Waals surface area contributed by atoms with Gasteiger partial charge in [0.1, 0.15) is 10.7 Å². The predicted molar refractivity (Wildman–Crippen MR) is 121 cm³/mol. The molecule has 2 heterocycles. The van der Waals surface area contributed by atoms with Crippen LogP contribution in [0.2, 0.25) is 0 Å². The van der Waals surface area contributed by atoms with E-state index in [0.29, 0.717) is 49.9 Å². The number of hydrogen-bond donors (Lipinski definition) is 0. The number of nitrogens with zero attached hydrogens (tertiary/aromatic N) is 4. The zero-order valence-corrected chi connectivity index (χ0v) is 19.4. The number of thiazole rings is 1. The van der Waals surface area contributed by atoms with Crippen molar-refractivity contribution in [3.05, 3.63) is 29.3 Å². The van der Waals surface area contributed by atoms with E-state index >= 15 is 0 Å². The van der Waals surface area contributed by atoms with E-state index in [0.717, 1.165) is 23.7 Å². The summed E-state index contributed by atoms with van der Waals surface area (Å²) in [7, 11) is 3.19. The molecule has 0 unspecified atom stereocenters. The Hall–Kier alpha value is -2.65. The summed E-state index contributed by atoms with van der Waals surface area (Å²) >= 11 is 1.43. The Kier molecular flexibility index (Phi) is 7.86. The monoisotopic (exact) mass is 446 g/mol. The van der Waals surface area contributed by atoms with Crippen LogP contribution >= 0.6 is 11.3 Å². The van der Waals surface area contributed by atoms with Gasteiger partial charge in [-0.3, -0.25) is 14.5 Å². The van der Waals surface area contributed by atoms with Gasteiger partial charge in [-0.25, -0.2) is 4.98 Å². The lowest BCUT2D eigenvalue weighted by molar-refractivity contribution is -0.132. The Morgan fingerprint density at radius 1 is 1.06 bits per heavy atom. The summed E-state index contributed by atoms with van der Waals surface area (Å²) < 4.78 is 10.6. The molecule has 0 bridgehead atoms. The first-order chi connectivity index (χ1) is 15.0. The van der Waals surface area contributed by atoms with Gasteiger partial charge in [-0.15, -0.1) is 11.3 Å². The molecule has 1 aromatic heterocycles. The van der Waals surface area contributed by atoms with Crippen molar-refractivity contribution < 1.29 is 19.1 Å². The first-order valence-corrected chi connectivity index (χ1v) is 11.4. The first kappa shape index (κ1) is 23.0. The van der Waals surface area contributed by atoms with Crippen molar-refractivity contribution in [1.82, 2.24) is 19.7 Å². The van der Waals surface area contributed by atoms with Gasteiger partial charge >= 0.3 is 0 Å². The van der Waals surface area contributed by atoms with Gasteiger partial charge in [0.15, 0.2) is 11.5 Å². The first-order valence-electron chi connectivity index (χ1n) is 10.5. The van der Waals surface area contributed by atoms with Gasteiger partial charge in [0.2, 0.25) is 5.91 Å². The summed E-state index contributed by atoms with van der Waals surface area (Å²) in [5.74, 6) is 1.34. The predicted octanol–water partition coefficient (Wildman–Crippen LogP) is 2.45. The summed E-state index contributed by atoms with van der Waals surface area (Å²) in [6.07, 6.45) is 0. The second kappa shape index (κ2) is 10.6. The summed E-state index contributed by atoms with van der Waals surface area (Å²) in [6.45, 7) is 8.38. The van der Waals surface area contributed by atoms with Crippen LogP contribution in [0.5, 0.6) is 11.5 Å². The molecule has 168 valence electrons. The van der Waals surface area contributed by atoms with Crippen LogP contribution in [0.1, 0.15) is 24.3 Å². The van der Waals surface area contributed by atoms with Crippen LogP contribution in [0.4, 0.5) is 0 Å². The highest BCUT2D eigenvalue weighted by atomic mass is 32.1. The number of amides is 2. The number of aromatic nitrogens is 1. The summed E-state index contributed by atoms with van der Waals surface area (Å²) in [5, 5.41) is 2.55. The van der Waals surface area contributed by atoms with Gasteiger partial charge < -0.3 is 19.3 Å². The molecule has 31 heavy (non-hydrogen) atoms. The zero-order valence-electron chi connectivity index (χ0n) is 18.6. The molecule has 1 aromatic carbocycles. The number of methoxy groups -OCH3 is 2. The highest BCUT2D eigenvalue weighted by Crippen LogP contribution is 2.33. The van der Waals surface area contributed by atoms with Crippen LogP contribution in [0.25, 0.3) is 10.6 Å². The van der Waals surface area contributed by atoms with Gasteiger partial charge in [-0.05, 0) is 32.0 Å². The number of likely N-dealkylation sites (N-methyl/N-ethyl adjacent to an activating group) is 1. The zero-order chi connectivity index (χ0) is 22.4. The van der Waals surface area contributed by atoms with E-state index in [9.17, 15) is 9.59 Å². The molecule has 2 amide bonds. The fourth-order valence-electron chi connectivity index (χ4n) is 3.61. The third-order valence-corrected chi connectivity index (χ3v) is 6.38. The lowest BCUT2D eigenvalue weighted by Crippen LogP contribution is -2.51. The van der Waals surface area contributed by atoms with Gasteiger partial charge in [-0.1, -0.05) is 0 Å². The van der Waals surface area contributed by atoms with Crippen LogP contribution < -0.4 is 9.47 Å². The lowest BCUT2D eigenvalue weighted by Gasteiger charge is -2.34. The average Bonchev–Trinajstić information content (AvgIpc) is 3.29. The van der Waals surface area contributed by atoms with E-state index in [1.54, 1.807) is 19.6 Å². The minimum absolute atomic E-state index is 0.0716. The van der Waals surface area contributed by atoms with E-state index in [1.807, 2.05) is 41.8 Å². The number of carbonyl (C=O) groups excluding carboxylic acids is 2. The minimum atomic E-state index is -0.0716. The standard InChI is InChI=1S/C22H30N4O4S/c1-5-25(6-2)20(27)14-24-9-11-26(12-10-24)22(28)17-15-31-21(23-17)16-7-8-18(29-3)19(13-16)30-4/h7-8,13,15H,5-6,9-12,14H2,1-4H3. The quantitative estimate of drug-likeness (QED) is 0.620. The molecule has 1 saturated heterocycles. The SMILES string of the molecule is CCN(CC)C(=O)CN1CCN(C(=O)c2csc(-c3ccc(OC)c(OC)c3)n2)CC1. The van der Waals surface area contributed by atoms with Crippen LogP contribution in [0, 0.1) is 0 Å². The molecule has 0 saturated carbocycles. The molecular weight excluding hydrogens is 416 g/mol. The molecule has 8 nitrogen and oxygen atoms in total. The van der Waals surface area contributed by atoms with E-state index in [1.165, 1.54) is 11.3 Å². The molecule has 0 spiro atoms. The maximum absolute atomic E-state index is 12.9. The van der Waals surface area contributed by atoms with E-state index in [-0.39, 0.29) is 11.8 Å². The van der Waals surface area contributed by atoms with E-state index < -0.39 is 0 Å². The van der Waals surface area contributed by atoms with Crippen molar-refractivity contribution in [2.24, 2.45) is 0 Å². The van der Waals surface area contributed by atoms with E-state index in [2.05, 4.69) is 9.88 Å². The molecule has 3 rings (SSSR count). The third-order valence-electron chi connectivity index (χ3n) is 5.49. The molecule has 0 radical (unpaired) electrons. The molecule has 0 atom stereocenters. The average molecular weight is 447 g/mol. The lowest BCUT2D eigenvalue weighted by atomic mass is 10.2. The topological polar surface area (TPSA) is 75.2 Å². The smallest absolute Gasteiger partial charge is 0.273 e. The molecule has 9 heteroatoms. The van der Waals surface area contributed by atoms with Crippen molar-refractivity contribution >= 4 is 23.2 Å². The van der Waals surface area contributed by atoms with Crippen molar-refractivity contribution in [3.8, 4) is 22.1 Å². The van der Waals surface area contributed by atoms with E-state index in [4.69, 9.17) is 9.47 Å². The summed E-state index contributed by atoms with van der Waals surface area (Å²) in [5.41, 5.74) is 1.32. The van der Waals surface area contributed by atoms with Crippen LogP contribution in [-0.4, -0.2) is 91.5 Å². The summed E-state index contributed by atoms with van der Waals surface area (Å²) in [4.78, 5) is 35.6. The normalized spacial score (nSPS) is 14.4. The Bertz CT molecular complexity index is 905. The number of hydrogen-bond acceptors (Lipinski definition) is 7. The highest BCUT2D eigenvalue weighted by Gasteiger charge is 2.26. The number of benzene rings is 1. The largest absolute Gasteiger partial charge is 0.493 e. The Labute approximate surface area is 187 Å². The second-order valence-electron chi connectivity index (χ2n) is 7.24. The van der Waals surface area contributed by atoms with Crippen LogP contribution in [0.15, 0.2) is 23.6 Å². The van der Waals surface area contributed by atoms with Crippen molar-refractivity contribution in [2.45, 2.75) is 13.8 Å². The Morgan fingerprint density at radius 3 is 2.35 bits per heavy atom. The van der Waals surface area contributed by atoms with Crippen molar-refractivity contribution in [1.29, 1.82) is 0 Å². The molecule has 0 N–H and O–H groups in total. The number of rotatable bonds is 8. The number of piperazine rings is 1. The number of carbonyl (C=O) groups is 2. The Morgan fingerprint density at radius 2 is 1.74 bits per heavy atom. The van der Waals surface area contributed by atoms with Gasteiger partial charge in [0, 0.05) is 50.2 Å². The molecule has 2 aromatic rings. The van der Waals surface area contributed by atoms with Crippen molar-refractivity contribution in [2.75, 3.05) is 60.0 Å². The molecular formula is C22H30N4O4S. The fourth-order valence-corrected chi connectivity index (χ4v) is 4.40. The van der Waals surface area contributed by atoms with Crippen LogP contribution in [-0.2, 0) is 4.79 Å². The van der Waals surface area contributed by atoms with Gasteiger partial charge in [0.25, 0.3) is 5.91 Å². The highest BCUT2D eigenvalue weighted by molar-refractivity contribution is 7.13. The molecule has 1 fully saturated rings. The van der Waals surface area contributed by atoms with Crippen molar-refractivity contribution in [3.63, 3.8) is 0 Å².